The van der Waals surface area contributed by atoms with Gasteiger partial charge in [0.05, 0.1) is 12.3 Å². The predicted octanol–water partition coefficient (Wildman–Crippen LogP) is 4.23. The lowest BCUT2D eigenvalue weighted by Gasteiger charge is -2.30. The lowest BCUT2D eigenvalue weighted by Crippen LogP contribution is -2.38. The molecule has 130 valence electrons. The number of fused-ring (bicyclic) bond motifs is 1. The summed E-state index contributed by atoms with van der Waals surface area (Å²) in [6, 6.07) is 18.2. The van der Waals surface area contributed by atoms with Crippen molar-refractivity contribution in [1.82, 2.24) is 4.90 Å². The van der Waals surface area contributed by atoms with Crippen LogP contribution >= 0.6 is 15.9 Å². The summed E-state index contributed by atoms with van der Waals surface area (Å²) in [5, 5.41) is 2.90. The van der Waals surface area contributed by atoms with Crippen LogP contribution in [0.4, 0.5) is 5.69 Å². The van der Waals surface area contributed by atoms with Crippen molar-refractivity contribution >= 4 is 33.4 Å². The van der Waals surface area contributed by atoms with E-state index >= 15 is 0 Å². The first-order valence-electron chi connectivity index (χ1n) is 8.12. The van der Waals surface area contributed by atoms with E-state index in [2.05, 4.69) is 21.2 Å². The van der Waals surface area contributed by atoms with Gasteiger partial charge in [-0.15, -0.1) is 0 Å². The van der Waals surface area contributed by atoms with Gasteiger partial charge in [-0.25, -0.2) is 0 Å². The van der Waals surface area contributed by atoms with Crippen LogP contribution in [0.5, 0.6) is 0 Å². The molecular formula is C20H15BrN2O3. The number of carbonyl (C=O) groups excluding carboxylic acids is 2. The van der Waals surface area contributed by atoms with Gasteiger partial charge in [-0.1, -0.05) is 46.3 Å². The molecule has 0 bridgehead atoms. The summed E-state index contributed by atoms with van der Waals surface area (Å²) >= 11 is 3.49. The van der Waals surface area contributed by atoms with Crippen molar-refractivity contribution in [3.05, 3.63) is 88.3 Å². The van der Waals surface area contributed by atoms with E-state index in [0.29, 0.717) is 5.69 Å². The molecule has 26 heavy (non-hydrogen) atoms. The molecule has 2 heterocycles. The van der Waals surface area contributed by atoms with Crippen molar-refractivity contribution < 1.29 is 14.0 Å². The monoisotopic (exact) mass is 410 g/mol. The average molecular weight is 411 g/mol. The van der Waals surface area contributed by atoms with E-state index < -0.39 is 6.04 Å². The van der Waals surface area contributed by atoms with Crippen LogP contribution < -0.4 is 5.32 Å². The Balaban J connectivity index is 1.90. The molecule has 0 fully saturated rings. The van der Waals surface area contributed by atoms with Crippen LogP contribution in [0.2, 0.25) is 0 Å². The highest BCUT2D eigenvalue weighted by Gasteiger charge is 2.34. The summed E-state index contributed by atoms with van der Waals surface area (Å²) < 4.78 is 6.16. The number of nitrogens with one attached hydrogen (secondary N) is 1. The third-order valence-electron chi connectivity index (χ3n) is 4.32. The Morgan fingerprint density at radius 1 is 1.12 bits per heavy atom. The predicted molar refractivity (Wildman–Crippen MR) is 101 cm³/mol. The smallest absolute Gasteiger partial charge is 0.290 e. The molecule has 3 aromatic rings. The van der Waals surface area contributed by atoms with Gasteiger partial charge in [0.25, 0.3) is 5.91 Å². The third kappa shape index (κ3) is 3.04. The topological polar surface area (TPSA) is 62.6 Å². The molecule has 0 unspecified atom stereocenters. The normalized spacial score (nSPS) is 16.6. The molecule has 0 saturated carbocycles. The van der Waals surface area contributed by atoms with Gasteiger partial charge < -0.3 is 14.6 Å². The first kappa shape index (κ1) is 16.6. The van der Waals surface area contributed by atoms with Crippen LogP contribution in [-0.2, 0) is 4.79 Å². The second-order valence-electron chi connectivity index (χ2n) is 6.00. The third-order valence-corrected chi connectivity index (χ3v) is 4.81. The van der Waals surface area contributed by atoms with E-state index in [-0.39, 0.29) is 24.1 Å². The van der Waals surface area contributed by atoms with Crippen LogP contribution in [-0.4, -0.2) is 23.3 Å². The lowest BCUT2D eigenvalue weighted by molar-refractivity contribution is -0.117. The van der Waals surface area contributed by atoms with Crippen molar-refractivity contribution in [3.8, 4) is 0 Å². The summed E-state index contributed by atoms with van der Waals surface area (Å²) in [7, 11) is 0. The number of hydrogen-bond acceptors (Lipinski definition) is 3. The van der Waals surface area contributed by atoms with Gasteiger partial charge in [0.2, 0.25) is 5.91 Å². The standard InChI is InChI=1S/C20H15BrN2O3/c21-14-8-9-16-15(11-14)19(13-5-2-1-3-6-13)23(12-18(24)22-16)20(25)17-7-4-10-26-17/h1-11,19H,12H2,(H,22,24)/t19-/m0/s1. The van der Waals surface area contributed by atoms with Crippen LogP contribution in [0.15, 0.2) is 75.8 Å². The second kappa shape index (κ2) is 6.80. The number of nitrogens with zero attached hydrogens (tertiary/aromatic N) is 1. The molecular weight excluding hydrogens is 396 g/mol. The summed E-state index contributed by atoms with van der Waals surface area (Å²) in [5.74, 6) is -0.365. The zero-order chi connectivity index (χ0) is 18.1. The van der Waals surface area contributed by atoms with Gasteiger partial charge >= 0.3 is 0 Å². The maximum Gasteiger partial charge on any atom is 0.290 e. The highest BCUT2D eigenvalue weighted by Crippen LogP contribution is 2.37. The lowest BCUT2D eigenvalue weighted by atomic mass is 9.95. The van der Waals surface area contributed by atoms with Crippen molar-refractivity contribution in [2.75, 3.05) is 11.9 Å². The number of amides is 2. The van der Waals surface area contributed by atoms with Gasteiger partial charge in [0, 0.05) is 15.7 Å². The number of carbonyl (C=O) groups is 2. The van der Waals surface area contributed by atoms with Crippen molar-refractivity contribution in [1.29, 1.82) is 0 Å². The molecule has 6 heteroatoms. The molecule has 1 atom stereocenters. The number of hydrogen-bond donors (Lipinski definition) is 1. The van der Waals surface area contributed by atoms with E-state index in [9.17, 15) is 9.59 Å². The highest BCUT2D eigenvalue weighted by atomic mass is 79.9. The van der Waals surface area contributed by atoms with Crippen LogP contribution in [0.1, 0.15) is 27.7 Å². The average Bonchev–Trinajstić information content (AvgIpc) is 3.13. The summed E-state index contributed by atoms with van der Waals surface area (Å²) in [6.07, 6.45) is 1.45. The quantitative estimate of drug-likeness (QED) is 0.687. The molecule has 5 nitrogen and oxygen atoms in total. The molecule has 2 aromatic carbocycles. The summed E-state index contributed by atoms with van der Waals surface area (Å²) in [6.45, 7) is -0.0641. The Morgan fingerprint density at radius 2 is 1.92 bits per heavy atom. The van der Waals surface area contributed by atoms with Crippen molar-refractivity contribution in [3.63, 3.8) is 0 Å². The van der Waals surface area contributed by atoms with Crippen molar-refractivity contribution in [2.24, 2.45) is 0 Å². The van der Waals surface area contributed by atoms with Crippen LogP contribution in [0.25, 0.3) is 0 Å². The highest BCUT2D eigenvalue weighted by molar-refractivity contribution is 9.10. The maximum absolute atomic E-state index is 13.1. The Morgan fingerprint density at radius 3 is 2.65 bits per heavy atom. The van der Waals surface area contributed by atoms with Gasteiger partial charge in [-0.05, 0) is 35.9 Å². The molecule has 1 N–H and O–H groups in total. The minimum Gasteiger partial charge on any atom is -0.459 e. The Labute approximate surface area is 158 Å². The molecule has 0 spiro atoms. The minimum absolute atomic E-state index is 0.0641. The fourth-order valence-corrected chi connectivity index (χ4v) is 3.58. The van der Waals surface area contributed by atoms with E-state index in [1.54, 1.807) is 17.0 Å². The zero-order valence-electron chi connectivity index (χ0n) is 13.7. The van der Waals surface area contributed by atoms with E-state index in [1.165, 1.54) is 6.26 Å². The van der Waals surface area contributed by atoms with Gasteiger partial charge in [-0.3, -0.25) is 9.59 Å². The Kier molecular flexibility index (Phi) is 4.34. The molecule has 1 aliphatic rings. The molecule has 4 rings (SSSR count). The number of halogens is 1. The zero-order valence-corrected chi connectivity index (χ0v) is 15.3. The van der Waals surface area contributed by atoms with Crippen LogP contribution in [0.3, 0.4) is 0 Å². The molecule has 0 saturated heterocycles. The first-order chi connectivity index (χ1) is 12.6. The fourth-order valence-electron chi connectivity index (χ4n) is 3.20. The van der Waals surface area contributed by atoms with Crippen molar-refractivity contribution in [2.45, 2.75) is 6.04 Å². The maximum atomic E-state index is 13.1. The van der Waals surface area contributed by atoms with E-state index in [0.717, 1.165) is 15.6 Å². The molecule has 0 aliphatic carbocycles. The number of anilines is 1. The Hall–Kier alpha value is -2.86. The summed E-state index contributed by atoms with van der Waals surface area (Å²) in [5.41, 5.74) is 2.46. The number of benzene rings is 2. The molecule has 1 aromatic heterocycles. The number of furan rings is 1. The molecule has 0 radical (unpaired) electrons. The summed E-state index contributed by atoms with van der Waals surface area (Å²) in [4.78, 5) is 27.1. The van der Waals surface area contributed by atoms with E-state index in [1.807, 2.05) is 48.5 Å². The number of rotatable bonds is 2. The molecule has 1 aliphatic heterocycles. The largest absolute Gasteiger partial charge is 0.459 e. The van der Waals surface area contributed by atoms with E-state index in [4.69, 9.17) is 4.42 Å². The Bertz CT molecular complexity index is 954. The van der Waals surface area contributed by atoms with Crippen LogP contribution in [0, 0.1) is 0 Å². The molecule has 2 amide bonds. The van der Waals surface area contributed by atoms with Gasteiger partial charge in [0.15, 0.2) is 5.76 Å². The second-order valence-corrected chi connectivity index (χ2v) is 6.92. The SMILES string of the molecule is O=C1CN(C(=O)c2ccco2)[C@@H](c2ccccc2)c2cc(Br)ccc2N1. The fraction of sp³-hybridized carbons (Fsp3) is 0.100. The van der Waals surface area contributed by atoms with Gasteiger partial charge in [-0.2, -0.15) is 0 Å². The minimum atomic E-state index is -0.416. The van der Waals surface area contributed by atoms with Gasteiger partial charge in [0.1, 0.15) is 6.54 Å². The first-order valence-corrected chi connectivity index (χ1v) is 8.91.